The third-order valence-electron chi connectivity index (χ3n) is 3.99. The molecule has 0 radical (unpaired) electrons. The molecule has 0 bridgehead atoms. The van der Waals surface area contributed by atoms with Gasteiger partial charge in [0.15, 0.2) is 0 Å². The molecule has 0 amide bonds. The maximum atomic E-state index is 10.8. The summed E-state index contributed by atoms with van der Waals surface area (Å²) in [4.78, 5) is 14.9. The van der Waals surface area contributed by atoms with Crippen LogP contribution in [0.4, 0.5) is 0 Å². The molecule has 1 aliphatic rings. The topological polar surface area (TPSA) is 82.5 Å². The van der Waals surface area contributed by atoms with Crippen LogP contribution >= 0.6 is 0 Å². The van der Waals surface area contributed by atoms with Gasteiger partial charge in [-0.15, -0.1) is 0 Å². The number of carbonyl (C=O) groups is 1. The molecule has 1 aliphatic carbocycles. The van der Waals surface area contributed by atoms with Gasteiger partial charge in [0.1, 0.15) is 5.69 Å². The number of aliphatic hydroxyl groups is 1. The molecule has 5 nitrogen and oxygen atoms in total. The van der Waals surface area contributed by atoms with Crippen LogP contribution in [0.1, 0.15) is 48.8 Å². The van der Waals surface area contributed by atoms with E-state index in [-0.39, 0.29) is 5.69 Å². The highest BCUT2D eigenvalue weighted by atomic mass is 16.4. The molecule has 0 spiro atoms. The fourth-order valence-electron chi connectivity index (χ4n) is 2.60. The Morgan fingerprint density at radius 1 is 1.45 bits per heavy atom. The summed E-state index contributed by atoms with van der Waals surface area (Å²) in [6, 6.07) is 4.94. The van der Waals surface area contributed by atoms with E-state index in [1.165, 1.54) is 6.07 Å². The van der Waals surface area contributed by atoms with E-state index in [0.29, 0.717) is 24.7 Å². The van der Waals surface area contributed by atoms with Crippen LogP contribution < -0.4 is 5.32 Å². The molecule has 0 atom stereocenters. The van der Waals surface area contributed by atoms with E-state index in [4.69, 9.17) is 5.11 Å². The van der Waals surface area contributed by atoms with Crippen LogP contribution in [0, 0.1) is 5.92 Å². The molecular weight excluding hydrogens is 256 g/mol. The normalized spacial score (nSPS) is 26.4. The smallest absolute Gasteiger partial charge is 0.354 e. The molecule has 3 N–H and O–H groups in total. The van der Waals surface area contributed by atoms with Gasteiger partial charge in [0.05, 0.1) is 11.3 Å². The molecule has 2 rings (SSSR count). The molecule has 1 aromatic rings. The molecule has 0 saturated heterocycles. The Morgan fingerprint density at radius 2 is 2.15 bits per heavy atom. The minimum Gasteiger partial charge on any atom is -0.477 e. The lowest BCUT2D eigenvalue weighted by atomic mass is 9.79. The van der Waals surface area contributed by atoms with Crippen LogP contribution in [-0.2, 0) is 6.54 Å². The summed E-state index contributed by atoms with van der Waals surface area (Å²) in [5.41, 5.74) is 0.101. The molecule has 0 aliphatic heterocycles. The highest BCUT2D eigenvalue weighted by Gasteiger charge is 2.31. The van der Waals surface area contributed by atoms with Crippen molar-refractivity contribution in [3.05, 3.63) is 29.6 Å². The summed E-state index contributed by atoms with van der Waals surface area (Å²) in [7, 11) is 0. The first-order valence-electron chi connectivity index (χ1n) is 7.11. The van der Waals surface area contributed by atoms with Crippen molar-refractivity contribution in [3.8, 4) is 0 Å². The molecule has 1 saturated carbocycles. The van der Waals surface area contributed by atoms with Crippen LogP contribution in [0.15, 0.2) is 18.2 Å². The Morgan fingerprint density at radius 3 is 2.80 bits per heavy atom. The zero-order valence-corrected chi connectivity index (χ0v) is 11.8. The predicted octanol–water partition coefficient (Wildman–Crippen LogP) is 1.81. The van der Waals surface area contributed by atoms with Crippen molar-refractivity contribution in [2.75, 3.05) is 6.54 Å². The molecule has 1 heterocycles. The van der Waals surface area contributed by atoms with E-state index in [9.17, 15) is 9.90 Å². The maximum Gasteiger partial charge on any atom is 0.354 e. The van der Waals surface area contributed by atoms with E-state index >= 15 is 0 Å². The van der Waals surface area contributed by atoms with Gasteiger partial charge in [-0.1, -0.05) is 13.0 Å². The number of hydrogen-bond acceptors (Lipinski definition) is 4. The number of carboxylic acids is 1. The van der Waals surface area contributed by atoms with Gasteiger partial charge in [0.25, 0.3) is 0 Å². The van der Waals surface area contributed by atoms with Crippen molar-refractivity contribution in [1.29, 1.82) is 0 Å². The number of nitrogens with zero attached hydrogens (tertiary/aromatic N) is 1. The van der Waals surface area contributed by atoms with Crippen molar-refractivity contribution in [3.63, 3.8) is 0 Å². The van der Waals surface area contributed by atoms with Crippen LogP contribution in [-0.4, -0.2) is 33.3 Å². The fourth-order valence-corrected chi connectivity index (χ4v) is 2.60. The SMILES string of the molecule is CC1CCC(O)(CNCc2cccc(C(=O)O)n2)CC1. The van der Waals surface area contributed by atoms with Crippen LogP contribution in [0.2, 0.25) is 0 Å². The highest BCUT2D eigenvalue weighted by molar-refractivity contribution is 5.85. The van der Waals surface area contributed by atoms with Crippen molar-refractivity contribution >= 4 is 5.97 Å². The lowest BCUT2D eigenvalue weighted by molar-refractivity contribution is -0.00636. The standard InChI is InChI=1S/C15H22N2O3/c1-11-5-7-15(20,8-6-11)10-16-9-12-3-2-4-13(17-12)14(18)19/h2-4,11,16,20H,5-10H2,1H3,(H,18,19). The summed E-state index contributed by atoms with van der Waals surface area (Å²) < 4.78 is 0. The molecule has 1 fully saturated rings. The summed E-state index contributed by atoms with van der Waals surface area (Å²) in [6.07, 6.45) is 3.77. The molecule has 1 aromatic heterocycles. The quantitative estimate of drug-likeness (QED) is 0.765. The zero-order chi connectivity index (χ0) is 14.6. The number of aromatic carboxylic acids is 1. The van der Waals surface area contributed by atoms with Gasteiger partial charge in [0, 0.05) is 13.1 Å². The monoisotopic (exact) mass is 278 g/mol. The largest absolute Gasteiger partial charge is 0.477 e. The summed E-state index contributed by atoms with van der Waals surface area (Å²) in [5.74, 6) is -0.323. The van der Waals surface area contributed by atoms with E-state index < -0.39 is 11.6 Å². The van der Waals surface area contributed by atoms with Gasteiger partial charge in [-0.25, -0.2) is 9.78 Å². The van der Waals surface area contributed by atoms with Gasteiger partial charge in [0.2, 0.25) is 0 Å². The van der Waals surface area contributed by atoms with E-state index in [0.717, 1.165) is 25.7 Å². The first-order valence-corrected chi connectivity index (χ1v) is 7.11. The first-order chi connectivity index (χ1) is 9.48. The van der Waals surface area contributed by atoms with Crippen molar-refractivity contribution in [2.24, 2.45) is 5.92 Å². The van der Waals surface area contributed by atoms with Gasteiger partial charge in [-0.3, -0.25) is 0 Å². The average Bonchev–Trinajstić information content (AvgIpc) is 2.43. The average molecular weight is 278 g/mol. The third kappa shape index (κ3) is 4.02. The second kappa shape index (κ2) is 6.33. The first kappa shape index (κ1) is 14.9. The number of nitrogens with one attached hydrogen (secondary N) is 1. The molecule has 20 heavy (non-hydrogen) atoms. The number of hydrogen-bond donors (Lipinski definition) is 3. The molecule has 110 valence electrons. The minimum atomic E-state index is -1.02. The van der Waals surface area contributed by atoms with Crippen LogP contribution in [0.3, 0.4) is 0 Å². The van der Waals surface area contributed by atoms with Crippen molar-refractivity contribution < 1.29 is 15.0 Å². The van der Waals surface area contributed by atoms with E-state index in [2.05, 4.69) is 17.2 Å². The van der Waals surface area contributed by atoms with E-state index in [1.807, 2.05) is 0 Å². The number of rotatable bonds is 5. The summed E-state index contributed by atoms with van der Waals surface area (Å²) >= 11 is 0. The van der Waals surface area contributed by atoms with Crippen molar-refractivity contribution in [1.82, 2.24) is 10.3 Å². The van der Waals surface area contributed by atoms with Crippen LogP contribution in [0.25, 0.3) is 0 Å². The Kier molecular flexibility index (Phi) is 4.73. The third-order valence-corrected chi connectivity index (χ3v) is 3.99. The predicted molar refractivity (Wildman–Crippen MR) is 75.5 cm³/mol. The maximum absolute atomic E-state index is 10.8. The summed E-state index contributed by atoms with van der Waals surface area (Å²) in [6.45, 7) is 3.21. The van der Waals surface area contributed by atoms with Gasteiger partial charge in [-0.05, 0) is 43.7 Å². The Labute approximate surface area is 119 Å². The van der Waals surface area contributed by atoms with Crippen LogP contribution in [0.5, 0.6) is 0 Å². The number of aromatic nitrogens is 1. The van der Waals surface area contributed by atoms with Gasteiger partial charge < -0.3 is 15.5 Å². The molecule has 5 heteroatoms. The lowest BCUT2D eigenvalue weighted by Crippen LogP contribution is -2.43. The highest BCUT2D eigenvalue weighted by Crippen LogP contribution is 2.31. The van der Waals surface area contributed by atoms with Crippen molar-refractivity contribution in [2.45, 2.75) is 44.8 Å². The van der Waals surface area contributed by atoms with Gasteiger partial charge >= 0.3 is 5.97 Å². The lowest BCUT2D eigenvalue weighted by Gasteiger charge is -2.35. The number of pyridine rings is 1. The Hall–Kier alpha value is -1.46. The Bertz CT molecular complexity index is 468. The molecule has 0 aromatic carbocycles. The van der Waals surface area contributed by atoms with Gasteiger partial charge in [-0.2, -0.15) is 0 Å². The Balaban J connectivity index is 1.83. The fraction of sp³-hybridized carbons (Fsp3) is 0.600. The number of carboxylic acid groups (broad SMARTS) is 1. The zero-order valence-electron chi connectivity index (χ0n) is 11.8. The van der Waals surface area contributed by atoms with E-state index in [1.54, 1.807) is 12.1 Å². The summed E-state index contributed by atoms with van der Waals surface area (Å²) in [5, 5.41) is 22.5. The molecule has 0 unspecified atom stereocenters. The second-order valence-electron chi connectivity index (χ2n) is 5.83. The minimum absolute atomic E-state index is 0.0505. The molecular formula is C15H22N2O3. The second-order valence-corrected chi connectivity index (χ2v) is 5.83.